The second-order valence-corrected chi connectivity index (χ2v) is 8.75. The van der Waals surface area contributed by atoms with Crippen LogP contribution >= 0.6 is 0 Å². The van der Waals surface area contributed by atoms with Crippen molar-refractivity contribution in [2.24, 2.45) is 5.92 Å². The molecule has 0 unspecified atom stereocenters. The minimum atomic E-state index is -4.93. The van der Waals surface area contributed by atoms with Gasteiger partial charge in [0.1, 0.15) is 11.4 Å². The average molecular weight is 448 g/mol. The number of phenolic OH excluding ortho intramolecular Hbond substituents is 1. The molecule has 2 aliphatic rings. The van der Waals surface area contributed by atoms with E-state index in [4.69, 9.17) is 0 Å². The Bertz CT molecular complexity index is 1090. The highest BCUT2D eigenvalue weighted by Crippen LogP contribution is 2.51. The minimum absolute atomic E-state index is 0.00532. The van der Waals surface area contributed by atoms with Crippen LogP contribution in [0.5, 0.6) is 5.75 Å². The summed E-state index contributed by atoms with van der Waals surface area (Å²) in [6.07, 6.45) is -1.65. The lowest BCUT2D eigenvalue weighted by molar-refractivity contribution is -0.192. The summed E-state index contributed by atoms with van der Waals surface area (Å²) < 4.78 is 39.4. The van der Waals surface area contributed by atoms with Crippen LogP contribution in [0.4, 0.5) is 18.9 Å². The number of likely N-dealkylation sites (tertiary alicyclic amines) is 1. The Labute approximate surface area is 182 Å². The van der Waals surface area contributed by atoms with Gasteiger partial charge in [0.05, 0.1) is 17.6 Å². The van der Waals surface area contributed by atoms with Crippen LogP contribution in [0.25, 0.3) is 0 Å². The topological polar surface area (TPSA) is 95.4 Å². The maximum atomic E-state index is 13.1. The number of carbonyl (C=O) groups excluding carboxylic acids is 2. The van der Waals surface area contributed by atoms with E-state index in [0.29, 0.717) is 17.7 Å². The Kier molecular flexibility index (Phi) is 5.14. The number of phenols is 1. The van der Waals surface area contributed by atoms with Crippen LogP contribution in [0.1, 0.15) is 47.6 Å². The summed E-state index contributed by atoms with van der Waals surface area (Å²) in [5.41, 5.74) is 1.84. The molecule has 1 aliphatic heterocycles. The van der Waals surface area contributed by atoms with Crippen molar-refractivity contribution in [1.82, 2.24) is 14.9 Å². The number of piperidine rings is 1. The molecule has 2 amide bonds. The SMILES string of the molecule is Cc1cnc(C(=O)Nc2cc3c(cc2O)[C@]2(C)CCN(C(=O)C(F)(F)F)[C@H](C3)[C@H]2C)cn1. The normalized spacial score (nSPS) is 24.6. The Morgan fingerprint density at radius 1 is 1.25 bits per heavy atom. The van der Waals surface area contributed by atoms with Crippen molar-refractivity contribution in [2.45, 2.75) is 51.2 Å². The number of hydrogen-bond acceptors (Lipinski definition) is 5. The summed E-state index contributed by atoms with van der Waals surface area (Å²) in [4.78, 5) is 33.5. The van der Waals surface area contributed by atoms with E-state index in [0.717, 1.165) is 10.5 Å². The number of anilines is 1. The smallest absolute Gasteiger partial charge is 0.471 e. The first-order valence-corrected chi connectivity index (χ1v) is 10.3. The maximum absolute atomic E-state index is 13.1. The fourth-order valence-corrected chi connectivity index (χ4v) is 4.88. The van der Waals surface area contributed by atoms with Gasteiger partial charge in [-0.2, -0.15) is 13.2 Å². The number of hydrogen-bond donors (Lipinski definition) is 2. The van der Waals surface area contributed by atoms with Crippen LogP contribution in [0, 0.1) is 12.8 Å². The summed E-state index contributed by atoms with van der Waals surface area (Å²) >= 11 is 0. The predicted octanol–water partition coefficient (Wildman–Crippen LogP) is 3.36. The van der Waals surface area contributed by atoms with E-state index in [-0.39, 0.29) is 36.0 Å². The van der Waals surface area contributed by atoms with Gasteiger partial charge >= 0.3 is 12.1 Å². The van der Waals surface area contributed by atoms with Crippen LogP contribution in [0.15, 0.2) is 24.5 Å². The second kappa shape index (κ2) is 7.46. The number of nitrogens with one attached hydrogen (secondary N) is 1. The molecule has 2 aromatic rings. The first-order chi connectivity index (χ1) is 14.9. The van der Waals surface area contributed by atoms with Gasteiger partial charge in [-0.1, -0.05) is 13.8 Å². The van der Waals surface area contributed by atoms with Crippen LogP contribution in [0.3, 0.4) is 0 Å². The van der Waals surface area contributed by atoms with E-state index in [1.165, 1.54) is 12.4 Å². The number of aromatic hydroxyl groups is 1. The number of amides is 2. The van der Waals surface area contributed by atoms with Crippen molar-refractivity contribution in [3.63, 3.8) is 0 Å². The lowest BCUT2D eigenvalue weighted by atomic mass is 9.59. The van der Waals surface area contributed by atoms with Crippen LogP contribution < -0.4 is 5.32 Å². The lowest BCUT2D eigenvalue weighted by Gasteiger charge is -2.54. The van der Waals surface area contributed by atoms with Gasteiger partial charge in [-0.05, 0) is 54.4 Å². The molecule has 2 N–H and O–H groups in total. The zero-order chi connectivity index (χ0) is 23.4. The fourth-order valence-electron chi connectivity index (χ4n) is 4.88. The molecule has 2 heterocycles. The predicted molar refractivity (Wildman–Crippen MR) is 109 cm³/mol. The highest BCUT2D eigenvalue weighted by molar-refractivity contribution is 6.03. The molecule has 3 atom stereocenters. The average Bonchev–Trinajstić information content (AvgIpc) is 2.71. The molecule has 2 bridgehead atoms. The van der Waals surface area contributed by atoms with E-state index in [1.54, 1.807) is 19.1 Å². The van der Waals surface area contributed by atoms with Crippen molar-refractivity contribution < 1.29 is 27.9 Å². The van der Waals surface area contributed by atoms with Gasteiger partial charge in [0, 0.05) is 18.8 Å². The van der Waals surface area contributed by atoms with Crippen LogP contribution in [-0.2, 0) is 16.6 Å². The molecule has 1 aromatic heterocycles. The lowest BCUT2D eigenvalue weighted by Crippen LogP contribution is -2.61. The summed E-state index contributed by atoms with van der Waals surface area (Å²) in [7, 11) is 0. The summed E-state index contributed by atoms with van der Waals surface area (Å²) in [5, 5.41) is 13.2. The van der Waals surface area contributed by atoms with Crippen molar-refractivity contribution in [2.75, 3.05) is 11.9 Å². The molecule has 1 aliphatic carbocycles. The van der Waals surface area contributed by atoms with Crippen molar-refractivity contribution in [3.05, 3.63) is 47.0 Å². The summed E-state index contributed by atoms with van der Waals surface area (Å²) in [6.45, 7) is 5.51. The van der Waals surface area contributed by atoms with Gasteiger partial charge < -0.3 is 15.3 Å². The summed E-state index contributed by atoms with van der Waals surface area (Å²) in [6, 6.07) is 2.51. The zero-order valence-corrected chi connectivity index (χ0v) is 17.8. The van der Waals surface area contributed by atoms with Crippen LogP contribution in [0.2, 0.25) is 0 Å². The number of aryl methyl sites for hydroxylation is 1. The van der Waals surface area contributed by atoms with Gasteiger partial charge in [0.2, 0.25) is 0 Å². The zero-order valence-electron chi connectivity index (χ0n) is 17.8. The first-order valence-electron chi connectivity index (χ1n) is 10.3. The van der Waals surface area contributed by atoms with Crippen molar-refractivity contribution in [3.8, 4) is 5.75 Å². The number of benzene rings is 1. The van der Waals surface area contributed by atoms with E-state index in [1.807, 2.05) is 13.8 Å². The number of fused-ring (bicyclic) bond motifs is 4. The minimum Gasteiger partial charge on any atom is -0.506 e. The van der Waals surface area contributed by atoms with Crippen LogP contribution in [-0.4, -0.2) is 50.6 Å². The van der Waals surface area contributed by atoms with Gasteiger partial charge in [-0.3, -0.25) is 14.6 Å². The van der Waals surface area contributed by atoms with Gasteiger partial charge in [0.25, 0.3) is 5.91 Å². The number of nitrogens with zero attached hydrogens (tertiary/aromatic N) is 3. The third kappa shape index (κ3) is 3.57. The van der Waals surface area contributed by atoms with Crippen molar-refractivity contribution >= 4 is 17.5 Å². The van der Waals surface area contributed by atoms with Crippen molar-refractivity contribution in [1.29, 1.82) is 0 Å². The third-order valence-electron chi connectivity index (χ3n) is 6.89. The Balaban J connectivity index is 1.67. The molecule has 0 radical (unpaired) electrons. The largest absolute Gasteiger partial charge is 0.506 e. The molecule has 10 heteroatoms. The van der Waals surface area contributed by atoms with Gasteiger partial charge in [0.15, 0.2) is 0 Å². The molecule has 1 aromatic carbocycles. The number of alkyl halides is 3. The Hall–Kier alpha value is -3.17. The monoisotopic (exact) mass is 448 g/mol. The quantitative estimate of drug-likeness (QED) is 0.687. The molecule has 4 rings (SSSR count). The summed E-state index contributed by atoms with van der Waals surface area (Å²) in [5.74, 6) is -2.78. The standard InChI is InChI=1S/C22H23F3N4O3/c1-11-9-27-16(10-26-11)19(31)28-15-6-13-7-17-12(2)21(3,14(13)8-18(15)30)4-5-29(17)20(32)22(23,24)25/h6,8-10,12,17,30H,4-5,7H2,1-3H3,(H,28,31)/t12-,17-,21-/m1/s1. The molecule has 1 fully saturated rings. The number of rotatable bonds is 2. The molecule has 1 saturated heterocycles. The Morgan fingerprint density at radius 2 is 1.97 bits per heavy atom. The van der Waals surface area contributed by atoms with E-state index < -0.39 is 29.4 Å². The Morgan fingerprint density at radius 3 is 2.59 bits per heavy atom. The number of halogens is 3. The second-order valence-electron chi connectivity index (χ2n) is 8.75. The molecule has 32 heavy (non-hydrogen) atoms. The number of carbonyl (C=O) groups is 2. The van der Waals surface area contributed by atoms with E-state index in [9.17, 15) is 27.9 Å². The molecule has 0 saturated carbocycles. The third-order valence-corrected chi connectivity index (χ3v) is 6.89. The van der Waals surface area contributed by atoms with Gasteiger partial charge in [-0.25, -0.2) is 4.98 Å². The first kappa shape index (κ1) is 22.0. The molecule has 7 nitrogen and oxygen atoms in total. The molecular formula is C22H23F3N4O3. The number of aromatic nitrogens is 2. The van der Waals surface area contributed by atoms with E-state index >= 15 is 0 Å². The molecular weight excluding hydrogens is 425 g/mol. The fraction of sp³-hybridized carbons (Fsp3) is 0.455. The van der Waals surface area contributed by atoms with E-state index in [2.05, 4.69) is 15.3 Å². The molecule has 170 valence electrons. The van der Waals surface area contributed by atoms with Gasteiger partial charge in [-0.15, -0.1) is 0 Å². The molecule has 0 spiro atoms. The highest BCUT2D eigenvalue weighted by Gasteiger charge is 2.54. The maximum Gasteiger partial charge on any atom is 0.471 e. The highest BCUT2D eigenvalue weighted by atomic mass is 19.4.